The summed E-state index contributed by atoms with van der Waals surface area (Å²) in [6.07, 6.45) is 0. The number of nitrogens with zero attached hydrogens (tertiary/aromatic N) is 1. The second-order valence-corrected chi connectivity index (χ2v) is 17.9. The molecule has 8 aromatic carbocycles. The molecule has 13 rings (SSSR count). The van der Waals surface area contributed by atoms with E-state index in [1.165, 1.54) is 53.1 Å². The number of furan rings is 2. The minimum Gasteiger partial charge on any atom is -0.456 e. The second-order valence-electron chi connectivity index (χ2n) is 16.8. The summed E-state index contributed by atoms with van der Waals surface area (Å²) in [7, 11) is 2.38. The summed E-state index contributed by atoms with van der Waals surface area (Å²) in [5, 5.41) is 13.3. The first-order valence-corrected chi connectivity index (χ1v) is 20.7. The Balaban J connectivity index is 1.12. The van der Waals surface area contributed by atoms with Gasteiger partial charge >= 0.3 is 0 Å². The number of thiophene rings is 1. The van der Waals surface area contributed by atoms with Gasteiger partial charge in [0, 0.05) is 80.6 Å². The summed E-state index contributed by atoms with van der Waals surface area (Å²) in [5.41, 5.74) is 15.3. The van der Waals surface area contributed by atoms with E-state index in [0.717, 1.165) is 77.5 Å². The van der Waals surface area contributed by atoms with Gasteiger partial charge in [0.05, 0.1) is 5.52 Å². The Morgan fingerprint density at radius 2 is 1.22 bits per heavy atom. The maximum Gasteiger partial charge on any atom is 0.198 e. The molecule has 4 aromatic heterocycles. The number of hydrogen-bond acceptors (Lipinski definition) is 4. The highest BCUT2D eigenvalue weighted by Crippen LogP contribution is 2.44. The molecule has 58 heavy (non-hydrogen) atoms. The average molecular weight is 762 g/mol. The van der Waals surface area contributed by atoms with Crippen molar-refractivity contribution in [3.63, 3.8) is 0 Å². The van der Waals surface area contributed by atoms with E-state index in [9.17, 15) is 0 Å². The molecule has 4 nitrogen and oxygen atoms in total. The Labute approximate surface area is 338 Å². The molecule has 5 heterocycles. The molecule has 0 aliphatic carbocycles. The van der Waals surface area contributed by atoms with Crippen molar-refractivity contribution in [3.05, 3.63) is 151 Å². The Morgan fingerprint density at radius 3 is 1.98 bits per heavy atom. The molecule has 1 N–H and O–H groups in total. The average Bonchev–Trinajstić information content (AvgIpc) is 3.98. The van der Waals surface area contributed by atoms with Crippen molar-refractivity contribution in [3.8, 4) is 16.8 Å². The lowest BCUT2D eigenvalue weighted by molar-refractivity contribution is 0.590. The zero-order valence-corrected chi connectivity index (χ0v) is 32.9. The predicted octanol–water partition coefficient (Wildman–Crippen LogP) is 13.6. The molecular formula is C52H34BN2O2S. The Morgan fingerprint density at radius 1 is 0.534 bits per heavy atom. The molecule has 1 aliphatic heterocycles. The maximum absolute atomic E-state index is 6.50. The van der Waals surface area contributed by atoms with E-state index in [0.29, 0.717) is 0 Å². The van der Waals surface area contributed by atoms with Gasteiger partial charge in [-0.25, -0.2) is 0 Å². The molecule has 1 radical (unpaired) electrons. The van der Waals surface area contributed by atoms with Gasteiger partial charge in [-0.3, -0.25) is 0 Å². The summed E-state index contributed by atoms with van der Waals surface area (Å²) in [6.45, 7) is 6.78. The Hall–Kier alpha value is -6.76. The van der Waals surface area contributed by atoms with E-state index in [-0.39, 0.29) is 5.41 Å². The van der Waals surface area contributed by atoms with Gasteiger partial charge < -0.3 is 18.7 Å². The molecule has 6 heteroatoms. The minimum absolute atomic E-state index is 0.0753. The van der Waals surface area contributed by atoms with Gasteiger partial charge in [0.15, 0.2) is 7.28 Å². The van der Waals surface area contributed by atoms with E-state index in [4.69, 9.17) is 8.83 Å². The summed E-state index contributed by atoms with van der Waals surface area (Å²) in [5.74, 6) is 0. The third kappa shape index (κ3) is 4.52. The van der Waals surface area contributed by atoms with Gasteiger partial charge in [-0.15, -0.1) is 11.3 Å². The minimum atomic E-state index is 0.0753. The van der Waals surface area contributed by atoms with Crippen LogP contribution in [-0.4, -0.2) is 11.8 Å². The van der Waals surface area contributed by atoms with Crippen molar-refractivity contribution in [2.45, 2.75) is 26.2 Å². The van der Waals surface area contributed by atoms with E-state index >= 15 is 0 Å². The van der Waals surface area contributed by atoms with Crippen LogP contribution < -0.4 is 16.2 Å². The zero-order chi connectivity index (χ0) is 38.4. The van der Waals surface area contributed by atoms with Crippen molar-refractivity contribution in [1.82, 2.24) is 4.57 Å². The first-order chi connectivity index (χ1) is 28.3. The number of aromatic nitrogens is 1. The first-order valence-electron chi connectivity index (χ1n) is 19.9. The van der Waals surface area contributed by atoms with Crippen molar-refractivity contribution in [2.24, 2.45) is 0 Å². The van der Waals surface area contributed by atoms with Crippen LogP contribution in [0.4, 0.5) is 11.4 Å². The summed E-state index contributed by atoms with van der Waals surface area (Å²) >= 11 is 1.85. The number of anilines is 2. The molecular weight excluding hydrogens is 727 g/mol. The fraction of sp³-hybridized carbons (Fsp3) is 0.0769. The van der Waals surface area contributed by atoms with Crippen LogP contribution >= 0.6 is 11.3 Å². The monoisotopic (exact) mass is 761 g/mol. The highest BCUT2D eigenvalue weighted by Gasteiger charge is 2.29. The van der Waals surface area contributed by atoms with Crippen molar-refractivity contribution >= 4 is 127 Å². The predicted molar refractivity (Wildman–Crippen MR) is 247 cm³/mol. The van der Waals surface area contributed by atoms with Crippen LogP contribution in [0.2, 0.25) is 0 Å². The third-order valence-corrected chi connectivity index (χ3v) is 13.5. The fourth-order valence-corrected chi connectivity index (χ4v) is 10.7. The smallest absolute Gasteiger partial charge is 0.198 e. The van der Waals surface area contributed by atoms with Crippen LogP contribution in [0, 0.1) is 0 Å². The SMILES string of the molecule is CC(C)(C)c1ccc(Nc2cc3sc4ccccc4c3cc2-c2ccc3c4cc5oc6ccccc6c5cc4n4c3c2[B]c2cc3oc5ccccc5c3cc2-4)cc1. The quantitative estimate of drug-likeness (QED) is 0.182. The number of hydrogen-bond donors (Lipinski definition) is 1. The molecule has 0 saturated heterocycles. The van der Waals surface area contributed by atoms with E-state index < -0.39 is 0 Å². The van der Waals surface area contributed by atoms with Crippen molar-refractivity contribution in [2.75, 3.05) is 5.32 Å². The van der Waals surface area contributed by atoms with Crippen molar-refractivity contribution in [1.29, 1.82) is 0 Å². The highest BCUT2D eigenvalue weighted by molar-refractivity contribution is 7.25. The topological polar surface area (TPSA) is 43.2 Å². The number of fused-ring (bicyclic) bond motifs is 14. The lowest BCUT2D eigenvalue weighted by atomic mass is 9.59. The lowest BCUT2D eigenvalue weighted by Gasteiger charge is -2.24. The second kappa shape index (κ2) is 11.4. The molecule has 0 spiro atoms. The van der Waals surface area contributed by atoms with E-state index in [1.54, 1.807) is 0 Å². The van der Waals surface area contributed by atoms with Crippen LogP contribution in [0.1, 0.15) is 26.3 Å². The van der Waals surface area contributed by atoms with E-state index in [2.05, 4.69) is 171 Å². The molecule has 0 unspecified atom stereocenters. The van der Waals surface area contributed by atoms with Crippen LogP contribution in [0.5, 0.6) is 0 Å². The molecule has 0 saturated carbocycles. The summed E-state index contributed by atoms with van der Waals surface area (Å²) in [4.78, 5) is 0. The molecule has 0 fully saturated rings. The number of nitrogens with one attached hydrogen (secondary N) is 1. The van der Waals surface area contributed by atoms with Crippen LogP contribution in [0.15, 0.2) is 154 Å². The summed E-state index contributed by atoms with van der Waals surface area (Å²) < 4.78 is 18.0. The lowest BCUT2D eigenvalue weighted by Crippen LogP contribution is -2.37. The first kappa shape index (κ1) is 32.3. The zero-order valence-electron chi connectivity index (χ0n) is 32.1. The normalized spacial score (nSPS) is 12.9. The third-order valence-electron chi connectivity index (χ3n) is 12.4. The molecule has 0 bridgehead atoms. The standard InChI is InChI=1S/C52H34BN2O2S/c1-52(2,3)28-16-18-29(19-17-28)54-41-27-49-39(32-12-6-9-15-48(32)58-49)22-35(41)33-20-21-34-36-25-46-37(30-10-4-7-13-44(30)56-46)23-42(36)55-43-24-38-31-11-5-8-14-45(31)57-47(38)26-40(43)53-50(33)51(34)55/h4-27,54H,1-3H3. The number of benzene rings is 8. The number of para-hydroxylation sites is 2. The van der Waals surface area contributed by atoms with Gasteiger partial charge in [-0.05, 0) is 88.7 Å². The largest absolute Gasteiger partial charge is 0.456 e. The Kier molecular flexibility index (Phi) is 6.37. The highest BCUT2D eigenvalue weighted by atomic mass is 32.1. The molecule has 1 aliphatic rings. The van der Waals surface area contributed by atoms with Crippen LogP contribution in [-0.2, 0) is 5.41 Å². The van der Waals surface area contributed by atoms with Gasteiger partial charge in [0.2, 0.25) is 0 Å². The van der Waals surface area contributed by atoms with Gasteiger partial charge in [0.25, 0.3) is 0 Å². The molecule has 0 atom stereocenters. The molecule has 273 valence electrons. The van der Waals surface area contributed by atoms with Gasteiger partial charge in [-0.1, -0.05) is 105 Å². The van der Waals surface area contributed by atoms with E-state index in [1.807, 2.05) is 23.5 Å². The van der Waals surface area contributed by atoms with Gasteiger partial charge in [-0.2, -0.15) is 0 Å². The van der Waals surface area contributed by atoms with Crippen molar-refractivity contribution < 1.29 is 8.83 Å². The maximum atomic E-state index is 6.50. The Bertz CT molecular complexity index is 3720. The van der Waals surface area contributed by atoms with Crippen LogP contribution in [0.3, 0.4) is 0 Å². The summed E-state index contributed by atoms with van der Waals surface area (Å²) in [6, 6.07) is 53.0. The number of rotatable bonds is 3. The van der Waals surface area contributed by atoms with Gasteiger partial charge in [0.1, 0.15) is 22.3 Å². The molecule has 0 amide bonds. The molecule has 12 aromatic rings. The fourth-order valence-electron chi connectivity index (χ4n) is 9.53. The van der Waals surface area contributed by atoms with Crippen LogP contribution in [0.25, 0.3) is 103 Å².